The maximum atomic E-state index is 12.7. The van der Waals surface area contributed by atoms with Crippen LogP contribution in [0.3, 0.4) is 0 Å². The Morgan fingerprint density at radius 1 is 1.47 bits per heavy atom. The largest absolute Gasteiger partial charge is 0.477 e. The van der Waals surface area contributed by atoms with Gasteiger partial charge in [0, 0.05) is 4.70 Å². The number of alkyl halides is 2. The lowest BCUT2D eigenvalue weighted by atomic mass is 10.2. The number of hydrogen-bond acceptors (Lipinski definition) is 3. The predicted octanol–water partition coefficient (Wildman–Crippen LogP) is 4.25. The van der Waals surface area contributed by atoms with E-state index in [2.05, 4.69) is 0 Å². The number of carbonyl (C=O) groups is 1. The van der Waals surface area contributed by atoms with E-state index >= 15 is 0 Å². The number of rotatable bonds is 2. The second-order valence-corrected chi connectivity index (χ2v) is 5.43. The average Bonchev–Trinajstić information content (AvgIpc) is 2.58. The van der Waals surface area contributed by atoms with Crippen molar-refractivity contribution in [3.8, 4) is 0 Å². The number of carboxylic acids is 1. The molecule has 0 radical (unpaired) electrons. The normalized spacial score (nSPS) is 11.5. The van der Waals surface area contributed by atoms with Gasteiger partial charge in [0.2, 0.25) is 0 Å². The van der Waals surface area contributed by atoms with Gasteiger partial charge in [0.1, 0.15) is 4.88 Å². The molecule has 15 heavy (non-hydrogen) atoms. The van der Waals surface area contributed by atoms with Crippen LogP contribution in [0.2, 0.25) is 4.34 Å². The zero-order chi connectivity index (χ0) is 11.2. The van der Waals surface area contributed by atoms with Gasteiger partial charge < -0.3 is 5.11 Å². The van der Waals surface area contributed by atoms with Gasteiger partial charge in [-0.15, -0.1) is 22.7 Å². The van der Waals surface area contributed by atoms with Gasteiger partial charge in [0.15, 0.2) is 0 Å². The Morgan fingerprint density at radius 3 is 2.67 bits per heavy atom. The fourth-order valence-electron chi connectivity index (χ4n) is 1.23. The molecular weight excluding hydrogens is 266 g/mol. The Balaban J connectivity index is 2.77. The van der Waals surface area contributed by atoms with Crippen LogP contribution >= 0.6 is 34.3 Å². The Morgan fingerprint density at radius 2 is 2.13 bits per heavy atom. The molecule has 0 spiro atoms. The van der Waals surface area contributed by atoms with E-state index in [1.54, 1.807) is 0 Å². The molecule has 0 atom stereocenters. The smallest absolute Gasteiger partial charge is 0.346 e. The Bertz CT molecular complexity index is 532. The van der Waals surface area contributed by atoms with Crippen LogP contribution in [0.4, 0.5) is 8.78 Å². The van der Waals surface area contributed by atoms with Gasteiger partial charge in [-0.05, 0) is 6.07 Å². The first-order valence-electron chi connectivity index (χ1n) is 3.74. The Kier molecular flexibility index (Phi) is 2.66. The molecule has 2 aromatic heterocycles. The monoisotopic (exact) mass is 268 g/mol. The highest BCUT2D eigenvalue weighted by Gasteiger charge is 2.25. The number of halogens is 3. The van der Waals surface area contributed by atoms with Crippen LogP contribution in [-0.2, 0) is 0 Å². The maximum absolute atomic E-state index is 12.7. The molecule has 0 bridgehead atoms. The molecule has 0 aromatic carbocycles. The van der Waals surface area contributed by atoms with Gasteiger partial charge in [-0.1, -0.05) is 11.6 Å². The first kappa shape index (κ1) is 10.8. The van der Waals surface area contributed by atoms with Crippen LogP contribution < -0.4 is 0 Å². The van der Waals surface area contributed by atoms with Crippen molar-refractivity contribution in [3.05, 3.63) is 20.8 Å². The standard InChI is InChI=1S/C8H3ClF2O2S2/c9-3-1-2-5(15-3)4(7(10)11)6(14-2)8(12)13/h1,7H,(H,12,13). The molecule has 0 aliphatic rings. The van der Waals surface area contributed by atoms with E-state index in [-0.39, 0.29) is 9.58 Å². The van der Waals surface area contributed by atoms with Crippen molar-refractivity contribution >= 4 is 49.6 Å². The lowest BCUT2D eigenvalue weighted by Crippen LogP contribution is -1.97. The minimum absolute atomic E-state index is 0.275. The fraction of sp³-hybridized carbons (Fsp3) is 0.125. The first-order chi connectivity index (χ1) is 7.00. The van der Waals surface area contributed by atoms with Crippen molar-refractivity contribution in [2.24, 2.45) is 0 Å². The van der Waals surface area contributed by atoms with Crippen LogP contribution in [0.15, 0.2) is 6.07 Å². The molecule has 0 aliphatic carbocycles. The van der Waals surface area contributed by atoms with Gasteiger partial charge in [-0.3, -0.25) is 0 Å². The zero-order valence-corrected chi connectivity index (χ0v) is 9.35. The topological polar surface area (TPSA) is 37.3 Å². The highest BCUT2D eigenvalue weighted by Crippen LogP contribution is 2.43. The summed E-state index contributed by atoms with van der Waals surface area (Å²) < 4.78 is 26.5. The summed E-state index contributed by atoms with van der Waals surface area (Å²) in [4.78, 5) is 10.4. The maximum Gasteiger partial charge on any atom is 0.346 e. The van der Waals surface area contributed by atoms with Crippen molar-refractivity contribution < 1.29 is 18.7 Å². The first-order valence-corrected chi connectivity index (χ1v) is 5.75. The summed E-state index contributed by atoms with van der Waals surface area (Å²) in [6.07, 6.45) is -2.79. The zero-order valence-electron chi connectivity index (χ0n) is 6.96. The number of hydrogen-bond donors (Lipinski definition) is 1. The van der Waals surface area contributed by atoms with Gasteiger partial charge in [0.05, 0.1) is 14.6 Å². The summed E-state index contributed by atoms with van der Waals surface area (Å²) in [5.41, 5.74) is -0.417. The molecule has 2 rings (SSSR count). The predicted molar refractivity (Wildman–Crippen MR) is 56.6 cm³/mol. The molecule has 2 aromatic rings. The highest BCUT2D eigenvalue weighted by atomic mass is 35.5. The van der Waals surface area contributed by atoms with Crippen LogP contribution in [0.25, 0.3) is 9.40 Å². The van der Waals surface area contributed by atoms with Crippen molar-refractivity contribution in [2.45, 2.75) is 6.43 Å². The minimum Gasteiger partial charge on any atom is -0.477 e. The van der Waals surface area contributed by atoms with Crippen molar-refractivity contribution in [1.82, 2.24) is 0 Å². The van der Waals surface area contributed by atoms with Gasteiger partial charge in [-0.25, -0.2) is 13.6 Å². The molecular formula is C8H3ClF2O2S2. The average molecular weight is 269 g/mol. The van der Waals surface area contributed by atoms with E-state index < -0.39 is 18.0 Å². The van der Waals surface area contributed by atoms with E-state index in [4.69, 9.17) is 16.7 Å². The van der Waals surface area contributed by atoms with Crippen LogP contribution in [0.5, 0.6) is 0 Å². The van der Waals surface area contributed by atoms with E-state index in [1.807, 2.05) is 0 Å². The molecule has 0 fully saturated rings. The number of carboxylic acid groups (broad SMARTS) is 1. The summed E-state index contributed by atoms with van der Waals surface area (Å²) in [5.74, 6) is -1.32. The third kappa shape index (κ3) is 1.73. The van der Waals surface area contributed by atoms with E-state index in [0.717, 1.165) is 22.7 Å². The lowest BCUT2D eigenvalue weighted by molar-refractivity contribution is 0.0691. The summed E-state index contributed by atoms with van der Waals surface area (Å²) in [5, 5.41) is 8.75. The van der Waals surface area contributed by atoms with Gasteiger partial charge in [-0.2, -0.15) is 0 Å². The minimum atomic E-state index is -2.79. The molecule has 80 valence electrons. The molecule has 0 saturated carbocycles. The van der Waals surface area contributed by atoms with Gasteiger partial charge >= 0.3 is 5.97 Å². The molecule has 2 heterocycles. The summed E-state index contributed by atoms with van der Waals surface area (Å²) in [7, 11) is 0. The Labute approximate surface area is 95.7 Å². The molecule has 0 unspecified atom stereocenters. The molecule has 0 saturated heterocycles. The fourth-order valence-corrected chi connectivity index (χ4v) is 3.85. The van der Waals surface area contributed by atoms with Gasteiger partial charge in [0.25, 0.3) is 6.43 Å². The second kappa shape index (κ2) is 3.70. The molecule has 1 N–H and O–H groups in total. The van der Waals surface area contributed by atoms with Crippen LogP contribution in [0.1, 0.15) is 21.7 Å². The van der Waals surface area contributed by atoms with Crippen molar-refractivity contribution in [3.63, 3.8) is 0 Å². The lowest BCUT2D eigenvalue weighted by Gasteiger charge is -1.97. The molecule has 2 nitrogen and oxygen atoms in total. The number of fused-ring (bicyclic) bond motifs is 1. The summed E-state index contributed by atoms with van der Waals surface area (Å²) >= 11 is 7.47. The third-order valence-corrected chi connectivity index (χ3v) is 4.35. The molecule has 7 heteroatoms. The van der Waals surface area contributed by atoms with Crippen molar-refractivity contribution in [2.75, 3.05) is 0 Å². The van der Waals surface area contributed by atoms with Crippen LogP contribution in [0, 0.1) is 0 Å². The number of aromatic carboxylic acids is 1. The molecule has 0 amide bonds. The number of thiophene rings is 2. The SMILES string of the molecule is O=C(O)c1sc2cc(Cl)sc2c1C(F)F. The van der Waals surface area contributed by atoms with Crippen LogP contribution in [-0.4, -0.2) is 11.1 Å². The van der Waals surface area contributed by atoms with E-state index in [0.29, 0.717) is 9.04 Å². The van der Waals surface area contributed by atoms with Crippen molar-refractivity contribution in [1.29, 1.82) is 0 Å². The highest BCUT2D eigenvalue weighted by molar-refractivity contribution is 7.30. The second-order valence-electron chi connectivity index (χ2n) is 2.69. The van der Waals surface area contributed by atoms with E-state index in [9.17, 15) is 13.6 Å². The van der Waals surface area contributed by atoms with E-state index in [1.165, 1.54) is 6.07 Å². The third-order valence-electron chi connectivity index (χ3n) is 1.78. The summed E-state index contributed by atoms with van der Waals surface area (Å²) in [6.45, 7) is 0. The summed E-state index contributed by atoms with van der Waals surface area (Å²) in [6, 6.07) is 1.50. The quantitative estimate of drug-likeness (QED) is 0.884. The molecule has 0 aliphatic heterocycles. The Hall–Kier alpha value is -0.720.